The number of nitrogens with zero attached hydrogens (tertiary/aromatic N) is 4. The number of nitrogens with one attached hydrogen (secondary N) is 2. The molecule has 0 aliphatic carbocycles. The number of aliphatic hydroxyl groups is 1. The Kier molecular flexibility index (Phi) is 13.9. The summed E-state index contributed by atoms with van der Waals surface area (Å²) < 4.78 is 13.3. The van der Waals surface area contributed by atoms with E-state index in [4.69, 9.17) is 14.7 Å². The van der Waals surface area contributed by atoms with Crippen molar-refractivity contribution in [3.8, 4) is 11.1 Å². The summed E-state index contributed by atoms with van der Waals surface area (Å²) in [7, 11) is 0. The largest absolute Gasteiger partial charge is 0.392 e. The average molecular weight is 723 g/mol. The first kappa shape index (κ1) is 38.0. The first-order chi connectivity index (χ1) is 26.0. The maximum atomic E-state index is 12.4. The molecule has 3 heterocycles. The van der Waals surface area contributed by atoms with Gasteiger partial charge in [0.25, 0.3) is 0 Å². The van der Waals surface area contributed by atoms with Crippen LogP contribution in [0.15, 0.2) is 91.3 Å². The van der Waals surface area contributed by atoms with Crippen molar-refractivity contribution in [3.05, 3.63) is 114 Å². The van der Waals surface area contributed by atoms with Crippen molar-refractivity contribution >= 4 is 17.8 Å². The zero-order valence-electron chi connectivity index (χ0n) is 30.1. The number of anilines is 1. The van der Waals surface area contributed by atoms with Gasteiger partial charge in [-0.05, 0) is 52.8 Å². The van der Waals surface area contributed by atoms with Crippen molar-refractivity contribution in [1.82, 2.24) is 25.7 Å². The van der Waals surface area contributed by atoms with Crippen LogP contribution < -0.4 is 15.7 Å². The van der Waals surface area contributed by atoms with Crippen LogP contribution in [-0.4, -0.2) is 75.8 Å². The Balaban J connectivity index is 1.05. The minimum absolute atomic E-state index is 0.00186. The number of unbranched alkanes of at least 4 members (excludes halogenated alkanes) is 3. The van der Waals surface area contributed by atoms with E-state index in [1.807, 2.05) is 42.5 Å². The topological polar surface area (TPSA) is 149 Å². The van der Waals surface area contributed by atoms with Gasteiger partial charge >= 0.3 is 0 Å². The number of piperazine rings is 1. The van der Waals surface area contributed by atoms with Gasteiger partial charge in [-0.1, -0.05) is 79.6 Å². The van der Waals surface area contributed by atoms with Crippen molar-refractivity contribution < 1.29 is 29.4 Å². The SMILES string of the molecule is O=C(CCCCCCC(=O)NCc1cccc(-c2ccc([C@H]3O[C@@H](CN4CCN(c5ncccn5)CC4)C[C@@H](c4ccc(CO)cc4)O3)cc2)c1)NO. The smallest absolute Gasteiger partial charge is 0.243 e. The van der Waals surface area contributed by atoms with Crippen molar-refractivity contribution in [1.29, 1.82) is 0 Å². The molecule has 3 atom stereocenters. The Bertz CT molecular complexity index is 1730. The quantitative estimate of drug-likeness (QED) is 0.0667. The molecule has 0 spiro atoms. The number of aromatic nitrogens is 2. The first-order valence-corrected chi connectivity index (χ1v) is 18.6. The summed E-state index contributed by atoms with van der Waals surface area (Å²) in [4.78, 5) is 37.0. The van der Waals surface area contributed by atoms with Crippen LogP contribution in [0.3, 0.4) is 0 Å². The minimum atomic E-state index is -0.536. The summed E-state index contributed by atoms with van der Waals surface area (Å²) in [6.45, 7) is 4.74. The van der Waals surface area contributed by atoms with Gasteiger partial charge in [0, 0.05) is 76.5 Å². The molecule has 12 heteroatoms. The Morgan fingerprint density at radius 2 is 1.45 bits per heavy atom. The molecular formula is C41H50N6O6. The van der Waals surface area contributed by atoms with Gasteiger partial charge in [0.05, 0.1) is 18.8 Å². The molecule has 3 aromatic carbocycles. The second-order valence-electron chi connectivity index (χ2n) is 13.7. The summed E-state index contributed by atoms with van der Waals surface area (Å²) in [5.74, 6) is 0.395. The second-order valence-corrected chi connectivity index (χ2v) is 13.7. The van der Waals surface area contributed by atoms with Crippen LogP contribution in [0.2, 0.25) is 0 Å². The molecule has 53 heavy (non-hydrogen) atoms. The number of amides is 2. The van der Waals surface area contributed by atoms with Crippen LogP contribution in [0.4, 0.5) is 5.95 Å². The van der Waals surface area contributed by atoms with E-state index < -0.39 is 6.29 Å². The van der Waals surface area contributed by atoms with Crippen molar-refractivity contribution in [2.24, 2.45) is 0 Å². The molecule has 12 nitrogen and oxygen atoms in total. The van der Waals surface area contributed by atoms with Gasteiger partial charge in [-0.3, -0.25) is 19.7 Å². The second kappa shape index (κ2) is 19.4. The highest BCUT2D eigenvalue weighted by molar-refractivity contribution is 5.76. The number of carbonyl (C=O) groups excluding carboxylic acids is 2. The molecular weight excluding hydrogens is 672 g/mol. The van der Waals surface area contributed by atoms with Gasteiger partial charge in [0.1, 0.15) is 0 Å². The average Bonchev–Trinajstić information content (AvgIpc) is 3.22. The van der Waals surface area contributed by atoms with Gasteiger partial charge in [0.15, 0.2) is 6.29 Å². The lowest BCUT2D eigenvalue weighted by atomic mass is 9.98. The maximum Gasteiger partial charge on any atom is 0.243 e. The fraction of sp³-hybridized carbons (Fsp3) is 0.415. The predicted molar refractivity (Wildman–Crippen MR) is 200 cm³/mol. The third kappa shape index (κ3) is 11.1. The van der Waals surface area contributed by atoms with Crippen molar-refractivity contribution in [3.63, 3.8) is 0 Å². The molecule has 2 aliphatic heterocycles. The monoisotopic (exact) mass is 722 g/mol. The molecule has 2 amide bonds. The number of hydrogen-bond acceptors (Lipinski definition) is 10. The zero-order valence-corrected chi connectivity index (χ0v) is 30.1. The number of hydrogen-bond donors (Lipinski definition) is 4. The molecule has 280 valence electrons. The zero-order chi connectivity index (χ0) is 36.8. The summed E-state index contributed by atoms with van der Waals surface area (Å²) in [6.07, 6.45) is 7.43. The van der Waals surface area contributed by atoms with Gasteiger partial charge in [-0.2, -0.15) is 0 Å². The Hall–Kier alpha value is -4.72. The van der Waals surface area contributed by atoms with Gasteiger partial charge in [-0.15, -0.1) is 0 Å². The molecule has 0 bridgehead atoms. The fourth-order valence-corrected chi connectivity index (χ4v) is 6.87. The maximum absolute atomic E-state index is 12.4. The highest BCUT2D eigenvalue weighted by Crippen LogP contribution is 2.39. The Labute approximate surface area is 311 Å². The lowest BCUT2D eigenvalue weighted by Crippen LogP contribution is -2.50. The standard InChI is InChI=1S/C41H50N6O6/c48-29-30-11-13-33(14-12-30)37-26-36(28-46-21-23-47(24-22-46)41-42-19-6-20-43-41)52-40(53-37)34-17-15-32(16-18-34)35-8-5-7-31(25-35)27-44-38(49)9-3-1-2-4-10-39(50)45-51/h5-8,11-20,25,36-37,40,48,51H,1-4,9-10,21-24,26-29H2,(H,44,49)(H,45,50)/t36-,37+,40+/m1/s1. The molecule has 2 aliphatic rings. The van der Waals surface area contributed by atoms with Crippen molar-refractivity contribution in [2.45, 2.75) is 76.6 Å². The fourth-order valence-electron chi connectivity index (χ4n) is 6.87. The molecule has 4 N–H and O–H groups in total. The van der Waals surface area contributed by atoms with Crippen LogP contribution in [0.1, 0.15) is 79.6 Å². The molecule has 6 rings (SSSR count). The normalized spacial score (nSPS) is 19.1. The van der Waals surface area contributed by atoms with Crippen LogP contribution in [0, 0.1) is 0 Å². The van der Waals surface area contributed by atoms with Crippen LogP contribution in [0.5, 0.6) is 0 Å². The van der Waals surface area contributed by atoms with E-state index in [2.05, 4.69) is 61.5 Å². The lowest BCUT2D eigenvalue weighted by Gasteiger charge is -2.40. The van der Waals surface area contributed by atoms with Crippen molar-refractivity contribution in [2.75, 3.05) is 37.6 Å². The first-order valence-electron chi connectivity index (χ1n) is 18.6. The van der Waals surface area contributed by atoms with Gasteiger partial charge in [-0.25, -0.2) is 15.4 Å². The lowest BCUT2D eigenvalue weighted by molar-refractivity contribution is -0.253. The summed E-state index contributed by atoms with van der Waals surface area (Å²) in [6, 6.07) is 26.3. The number of hydroxylamine groups is 1. The highest BCUT2D eigenvalue weighted by atomic mass is 16.7. The Morgan fingerprint density at radius 3 is 2.15 bits per heavy atom. The van der Waals surface area contributed by atoms with E-state index in [0.717, 1.165) is 97.7 Å². The third-order valence-electron chi connectivity index (χ3n) is 9.90. The molecule has 0 saturated carbocycles. The molecule has 4 aromatic rings. The minimum Gasteiger partial charge on any atom is -0.392 e. The molecule has 0 radical (unpaired) electrons. The third-order valence-corrected chi connectivity index (χ3v) is 9.90. The van der Waals surface area contributed by atoms with E-state index in [0.29, 0.717) is 19.4 Å². The summed E-state index contributed by atoms with van der Waals surface area (Å²) in [5.41, 5.74) is 7.65. The molecule has 0 unspecified atom stereocenters. The van der Waals surface area contributed by atoms with E-state index in [1.54, 1.807) is 17.9 Å². The van der Waals surface area contributed by atoms with E-state index >= 15 is 0 Å². The van der Waals surface area contributed by atoms with Crippen LogP contribution >= 0.6 is 0 Å². The highest BCUT2D eigenvalue weighted by Gasteiger charge is 2.34. The number of carbonyl (C=O) groups is 2. The van der Waals surface area contributed by atoms with E-state index in [9.17, 15) is 14.7 Å². The van der Waals surface area contributed by atoms with Crippen LogP contribution in [-0.2, 0) is 32.2 Å². The van der Waals surface area contributed by atoms with Gasteiger partial charge in [0.2, 0.25) is 17.8 Å². The van der Waals surface area contributed by atoms with E-state index in [-0.39, 0.29) is 37.0 Å². The Morgan fingerprint density at radius 1 is 0.755 bits per heavy atom. The van der Waals surface area contributed by atoms with Crippen LogP contribution in [0.25, 0.3) is 11.1 Å². The molecule has 1 aromatic heterocycles. The number of benzene rings is 3. The molecule has 2 saturated heterocycles. The molecule has 2 fully saturated rings. The van der Waals surface area contributed by atoms with E-state index in [1.165, 1.54) is 0 Å². The number of aliphatic hydroxyl groups excluding tert-OH is 1. The predicted octanol–water partition coefficient (Wildman–Crippen LogP) is 5.47. The summed E-state index contributed by atoms with van der Waals surface area (Å²) >= 11 is 0. The van der Waals surface area contributed by atoms with Gasteiger partial charge < -0.3 is 24.8 Å². The summed E-state index contributed by atoms with van der Waals surface area (Å²) in [5, 5.41) is 21.2. The number of ether oxygens (including phenoxy) is 2. The number of rotatable bonds is 16.